The fourth-order valence-corrected chi connectivity index (χ4v) is 6.79. The summed E-state index contributed by atoms with van der Waals surface area (Å²) in [5.41, 5.74) is 1.73. The topological polar surface area (TPSA) is 117 Å². The quantitative estimate of drug-likeness (QED) is 0.433. The van der Waals surface area contributed by atoms with Crippen molar-refractivity contribution in [3.05, 3.63) is 0 Å². The molecule has 7 heterocycles. The Morgan fingerprint density at radius 2 is 1.02 bits per heavy atom. The van der Waals surface area contributed by atoms with Gasteiger partial charge in [-0.25, -0.2) is 0 Å². The first kappa shape index (κ1) is 27.5. The zero-order chi connectivity index (χ0) is 27.5. The zero-order valence-corrected chi connectivity index (χ0v) is 23.8. The van der Waals surface area contributed by atoms with E-state index >= 15 is 0 Å². The third kappa shape index (κ3) is 5.42. The molecule has 2 unspecified atom stereocenters. The van der Waals surface area contributed by atoms with Crippen molar-refractivity contribution in [2.24, 2.45) is 10.3 Å². The van der Waals surface area contributed by atoms with Gasteiger partial charge in [0, 0.05) is 26.1 Å². The smallest absolute Gasteiger partial charge is 0.190 e. The SMILES string of the molecule is CC1(C)O[C@H]2O[C@@H]3C4=NOC(CCCCO[C@@H]5[C@H]6OC(C)(C)O[C@H]6O[C@@H]5C5=NOC(CCCCO[C@@H]3[C@H]2O1)C5)C4. The molecule has 4 bridgehead atoms. The van der Waals surface area contributed by atoms with Crippen LogP contribution in [0.3, 0.4) is 0 Å². The minimum absolute atomic E-state index is 0.00444. The van der Waals surface area contributed by atoms with Crippen LogP contribution < -0.4 is 0 Å². The summed E-state index contributed by atoms with van der Waals surface area (Å²) < 4.78 is 49.7. The van der Waals surface area contributed by atoms with E-state index in [9.17, 15) is 0 Å². The van der Waals surface area contributed by atoms with E-state index in [2.05, 4.69) is 10.3 Å². The molecule has 7 aliphatic heterocycles. The van der Waals surface area contributed by atoms with E-state index in [1.807, 2.05) is 27.7 Å². The molecular weight excluding hydrogens is 524 g/mol. The van der Waals surface area contributed by atoms with Crippen LogP contribution in [-0.2, 0) is 47.6 Å². The highest BCUT2D eigenvalue weighted by molar-refractivity contribution is 5.91. The van der Waals surface area contributed by atoms with Crippen molar-refractivity contribution in [2.75, 3.05) is 13.2 Å². The Labute approximate surface area is 234 Å². The van der Waals surface area contributed by atoms with Crippen LogP contribution in [0, 0.1) is 0 Å². The fourth-order valence-electron chi connectivity index (χ4n) is 6.79. The summed E-state index contributed by atoms with van der Waals surface area (Å²) in [5.74, 6) is -1.42. The van der Waals surface area contributed by atoms with E-state index < -0.39 is 24.2 Å². The average molecular weight is 567 g/mol. The number of rotatable bonds is 0. The number of nitrogens with zero attached hydrogens (tertiary/aromatic N) is 2. The number of fused-ring (bicyclic) bond motifs is 12. The lowest BCUT2D eigenvalue weighted by atomic mass is 9.99. The van der Waals surface area contributed by atoms with Gasteiger partial charge in [-0.15, -0.1) is 0 Å². The highest BCUT2D eigenvalue weighted by atomic mass is 16.9. The summed E-state index contributed by atoms with van der Waals surface area (Å²) in [4.78, 5) is 11.6. The van der Waals surface area contributed by atoms with E-state index in [-0.39, 0.29) is 48.8 Å². The molecule has 40 heavy (non-hydrogen) atoms. The largest absolute Gasteiger partial charge is 0.392 e. The van der Waals surface area contributed by atoms with Gasteiger partial charge >= 0.3 is 0 Å². The van der Waals surface area contributed by atoms with Gasteiger partial charge in [-0.05, 0) is 66.2 Å². The monoisotopic (exact) mass is 566 g/mol. The minimum Gasteiger partial charge on any atom is -0.392 e. The van der Waals surface area contributed by atoms with Crippen LogP contribution in [-0.4, -0.2) is 97.6 Å². The van der Waals surface area contributed by atoms with Gasteiger partial charge in [-0.1, -0.05) is 10.3 Å². The van der Waals surface area contributed by atoms with Gasteiger partial charge in [0.25, 0.3) is 0 Å². The van der Waals surface area contributed by atoms with Crippen LogP contribution in [0.5, 0.6) is 0 Å². The van der Waals surface area contributed by atoms with E-state index in [1.165, 1.54) is 0 Å². The van der Waals surface area contributed by atoms with Crippen molar-refractivity contribution in [1.82, 2.24) is 0 Å². The summed E-state index contributed by atoms with van der Waals surface area (Å²) in [6.07, 6.45) is 3.93. The first-order chi connectivity index (χ1) is 19.2. The maximum Gasteiger partial charge on any atom is 0.190 e. The molecule has 0 aromatic carbocycles. The second-order valence-corrected chi connectivity index (χ2v) is 12.7. The Morgan fingerprint density at radius 3 is 1.48 bits per heavy atom. The number of hydrogen-bond acceptors (Lipinski definition) is 12. The summed E-state index contributed by atoms with van der Waals surface area (Å²) in [6, 6.07) is 0. The van der Waals surface area contributed by atoms with Crippen LogP contribution in [0.1, 0.15) is 79.1 Å². The maximum absolute atomic E-state index is 6.40. The number of hydrogen-bond donors (Lipinski definition) is 0. The molecular formula is C28H42N2O10. The summed E-state index contributed by atoms with van der Waals surface area (Å²) in [7, 11) is 0. The van der Waals surface area contributed by atoms with Crippen LogP contribution in [0.4, 0.5) is 0 Å². The average Bonchev–Trinajstić information content (AvgIpc) is 3.71. The lowest BCUT2D eigenvalue weighted by molar-refractivity contribution is -0.210. The predicted molar refractivity (Wildman–Crippen MR) is 138 cm³/mol. The fraction of sp³-hybridized carbons (Fsp3) is 0.929. The van der Waals surface area contributed by atoms with E-state index in [4.69, 9.17) is 47.6 Å². The third-order valence-corrected chi connectivity index (χ3v) is 8.61. The summed E-state index contributed by atoms with van der Waals surface area (Å²) >= 11 is 0. The molecule has 0 N–H and O–H groups in total. The highest BCUT2D eigenvalue weighted by Gasteiger charge is 2.58. The Hall–Kier alpha value is -1.38. The Morgan fingerprint density at radius 1 is 0.575 bits per heavy atom. The summed E-state index contributed by atoms with van der Waals surface area (Å²) in [5, 5.41) is 8.84. The van der Waals surface area contributed by atoms with E-state index in [1.54, 1.807) is 0 Å². The molecule has 224 valence electrons. The van der Waals surface area contributed by atoms with Crippen LogP contribution in [0.25, 0.3) is 0 Å². The predicted octanol–water partition coefficient (Wildman–Crippen LogP) is 3.15. The molecule has 12 heteroatoms. The van der Waals surface area contributed by atoms with Crippen molar-refractivity contribution < 1.29 is 47.6 Å². The van der Waals surface area contributed by atoms with E-state index in [0.717, 1.165) is 49.9 Å². The van der Waals surface area contributed by atoms with Gasteiger partial charge in [0.2, 0.25) is 0 Å². The molecule has 0 saturated carbocycles. The zero-order valence-electron chi connectivity index (χ0n) is 23.8. The molecule has 0 radical (unpaired) electrons. The molecule has 5 saturated heterocycles. The first-order valence-electron chi connectivity index (χ1n) is 15.0. The van der Waals surface area contributed by atoms with Crippen LogP contribution >= 0.6 is 0 Å². The van der Waals surface area contributed by atoms with Gasteiger partial charge < -0.3 is 47.6 Å². The Balaban J connectivity index is 1.02. The Kier molecular flexibility index (Phi) is 7.35. The molecule has 7 rings (SSSR count). The molecule has 7 aliphatic rings. The lowest BCUT2D eigenvalue weighted by Crippen LogP contribution is -2.41. The highest BCUT2D eigenvalue weighted by Crippen LogP contribution is 2.42. The van der Waals surface area contributed by atoms with Crippen molar-refractivity contribution in [3.63, 3.8) is 0 Å². The van der Waals surface area contributed by atoms with Crippen molar-refractivity contribution in [2.45, 2.75) is 152 Å². The van der Waals surface area contributed by atoms with Gasteiger partial charge in [0.15, 0.2) is 24.2 Å². The molecule has 0 spiro atoms. The molecule has 10 atom stereocenters. The summed E-state index contributed by atoms with van der Waals surface area (Å²) in [6.45, 7) is 8.74. The molecule has 0 aromatic rings. The minimum atomic E-state index is -0.710. The number of ether oxygens (including phenoxy) is 8. The van der Waals surface area contributed by atoms with Crippen molar-refractivity contribution >= 4 is 11.4 Å². The van der Waals surface area contributed by atoms with E-state index in [0.29, 0.717) is 26.1 Å². The molecule has 5 fully saturated rings. The standard InChI is InChI=1S/C28H42N2O10/c1-27(2)35-23-21-19(33-25(23)37-27)17-13-15(39-29-17)10-6-8-12-32-22-20(34-26-24(22)36-28(3,4)38-26)18-14-16(40-30-18)9-5-7-11-31-21/h15-16,19-26H,5-14H2,1-4H3/t15?,16?,19-,20-,21+,22+,23-,24-,25-,26-/m1/s1. The normalized spacial score (nSPS) is 46.3. The Bertz CT molecular complexity index is 926. The van der Waals surface area contributed by atoms with Crippen LogP contribution in [0.2, 0.25) is 0 Å². The maximum atomic E-state index is 6.40. The van der Waals surface area contributed by atoms with Gasteiger partial charge in [-0.3, -0.25) is 0 Å². The molecule has 0 aromatic heterocycles. The molecule has 12 nitrogen and oxygen atoms in total. The van der Waals surface area contributed by atoms with Gasteiger partial charge in [-0.2, -0.15) is 0 Å². The first-order valence-corrected chi connectivity index (χ1v) is 15.0. The van der Waals surface area contributed by atoms with Crippen molar-refractivity contribution in [3.8, 4) is 0 Å². The number of oxime groups is 2. The lowest BCUT2D eigenvalue weighted by Gasteiger charge is -2.26. The second-order valence-electron chi connectivity index (χ2n) is 12.7. The molecule has 0 aliphatic carbocycles. The van der Waals surface area contributed by atoms with Gasteiger partial charge in [0.05, 0.1) is 11.4 Å². The van der Waals surface area contributed by atoms with Crippen LogP contribution in [0.15, 0.2) is 10.3 Å². The molecule has 0 amide bonds. The van der Waals surface area contributed by atoms with Crippen molar-refractivity contribution in [1.29, 1.82) is 0 Å². The third-order valence-electron chi connectivity index (χ3n) is 8.61. The van der Waals surface area contributed by atoms with Gasteiger partial charge in [0.1, 0.15) is 48.8 Å². The second kappa shape index (κ2) is 10.7.